The van der Waals surface area contributed by atoms with Crippen LogP contribution < -0.4 is 4.90 Å². The number of amides is 1. The molecule has 2 aliphatic heterocycles. The second-order valence-corrected chi connectivity index (χ2v) is 12.3. The number of aromatic nitrogens is 3. The van der Waals surface area contributed by atoms with Crippen LogP contribution in [0.3, 0.4) is 0 Å². The highest BCUT2D eigenvalue weighted by Crippen LogP contribution is 2.50. The first-order valence-corrected chi connectivity index (χ1v) is 14.4. The second-order valence-electron chi connectivity index (χ2n) is 12.3. The van der Waals surface area contributed by atoms with Gasteiger partial charge < -0.3 is 9.47 Å². The molecule has 7 nitrogen and oxygen atoms in total. The summed E-state index contributed by atoms with van der Waals surface area (Å²) >= 11 is 0. The van der Waals surface area contributed by atoms with Crippen LogP contribution in [0.4, 0.5) is 32.0 Å². The van der Waals surface area contributed by atoms with E-state index in [0.717, 1.165) is 17.5 Å². The number of anilines is 1. The van der Waals surface area contributed by atoms with Crippen LogP contribution in [-0.4, -0.2) is 44.8 Å². The van der Waals surface area contributed by atoms with Crippen molar-refractivity contribution in [3.8, 4) is 6.07 Å². The highest BCUT2D eigenvalue weighted by Gasteiger charge is 2.47. The summed E-state index contributed by atoms with van der Waals surface area (Å²) in [6.07, 6.45) is -5.62. The number of aryl methyl sites for hydroxylation is 1. The quantitative estimate of drug-likeness (QED) is 0.309. The van der Waals surface area contributed by atoms with Crippen LogP contribution >= 0.6 is 0 Å². The van der Waals surface area contributed by atoms with Gasteiger partial charge in [0, 0.05) is 49.1 Å². The van der Waals surface area contributed by atoms with E-state index in [0.29, 0.717) is 31.5 Å². The number of alkyl halides is 6. The lowest BCUT2D eigenvalue weighted by Gasteiger charge is -2.45. The van der Waals surface area contributed by atoms with Crippen molar-refractivity contribution in [2.45, 2.75) is 63.0 Å². The van der Waals surface area contributed by atoms with Crippen molar-refractivity contribution in [1.82, 2.24) is 19.7 Å². The van der Waals surface area contributed by atoms with Crippen molar-refractivity contribution in [3.63, 3.8) is 0 Å². The molecule has 3 aliphatic rings. The van der Waals surface area contributed by atoms with E-state index in [2.05, 4.69) is 16.3 Å². The number of likely N-dealkylation sites (tertiary alicyclic amines) is 1. The molecule has 0 spiro atoms. The van der Waals surface area contributed by atoms with Crippen molar-refractivity contribution >= 4 is 11.6 Å². The summed E-state index contributed by atoms with van der Waals surface area (Å²) < 4.78 is 84.7. The fraction of sp³-hybridized carbons (Fsp3) is 0.484. The monoisotopic (exact) mass is 616 g/mol. The fourth-order valence-electron chi connectivity index (χ4n) is 6.98. The van der Waals surface area contributed by atoms with Crippen LogP contribution in [0.25, 0.3) is 0 Å². The molecule has 2 fully saturated rings. The Kier molecular flexibility index (Phi) is 7.47. The topological polar surface area (TPSA) is 78.1 Å². The summed E-state index contributed by atoms with van der Waals surface area (Å²) in [6, 6.07) is 11.8. The maximum Gasteiger partial charge on any atom is 0.416 e. The number of halogens is 6. The molecule has 1 amide bonds. The first-order valence-electron chi connectivity index (χ1n) is 14.4. The number of nitriles is 1. The molecule has 1 saturated carbocycles. The Balaban J connectivity index is 1.30. The van der Waals surface area contributed by atoms with E-state index in [9.17, 15) is 36.4 Å². The molecule has 13 heteroatoms. The molecule has 0 N–H and O–H groups in total. The number of carbonyl (C=O) groups excluding carboxylic acids is 1. The van der Waals surface area contributed by atoms with E-state index < -0.39 is 35.2 Å². The minimum atomic E-state index is -4.76. The number of hydrogen-bond donors (Lipinski definition) is 0. The van der Waals surface area contributed by atoms with Gasteiger partial charge in [-0.05, 0) is 73.2 Å². The van der Waals surface area contributed by atoms with E-state index in [1.54, 1.807) is 29.1 Å². The molecule has 0 radical (unpaired) electrons. The zero-order valence-corrected chi connectivity index (χ0v) is 23.9. The Morgan fingerprint density at radius 1 is 1.11 bits per heavy atom. The predicted octanol–water partition coefficient (Wildman–Crippen LogP) is 6.18. The van der Waals surface area contributed by atoms with Gasteiger partial charge in [0.25, 0.3) is 5.91 Å². The van der Waals surface area contributed by atoms with Gasteiger partial charge in [0.05, 0.1) is 24.1 Å². The van der Waals surface area contributed by atoms with Crippen molar-refractivity contribution in [1.29, 1.82) is 5.26 Å². The number of fused-ring (bicyclic) bond motifs is 1. The highest BCUT2D eigenvalue weighted by molar-refractivity contribution is 6.10. The van der Waals surface area contributed by atoms with E-state index >= 15 is 0 Å². The average Bonchev–Trinajstić information content (AvgIpc) is 3.51. The third-order valence-corrected chi connectivity index (χ3v) is 9.31. The maximum absolute atomic E-state index is 14.3. The van der Waals surface area contributed by atoms with Gasteiger partial charge in [0.1, 0.15) is 12.2 Å². The normalized spacial score (nSPS) is 24.2. The minimum absolute atomic E-state index is 0.0124. The molecule has 1 aliphatic carbocycles. The molecule has 1 saturated heterocycles. The van der Waals surface area contributed by atoms with Gasteiger partial charge in [-0.25, -0.2) is 0 Å². The van der Waals surface area contributed by atoms with Crippen LogP contribution in [0.5, 0.6) is 0 Å². The minimum Gasteiger partial charge on any atom is -0.321 e. The summed E-state index contributed by atoms with van der Waals surface area (Å²) in [6.45, 7) is -0.363. The summed E-state index contributed by atoms with van der Waals surface area (Å²) in [5, 5.41) is 17.6. The zero-order chi connectivity index (χ0) is 31.4. The van der Waals surface area contributed by atoms with Crippen LogP contribution in [0.15, 0.2) is 42.7 Å². The average molecular weight is 617 g/mol. The molecule has 3 aromatic rings. The van der Waals surface area contributed by atoms with Gasteiger partial charge in [-0.2, -0.15) is 31.6 Å². The Hall–Kier alpha value is -3.92. The number of nitrogens with zero attached hydrogens (tertiary/aromatic N) is 6. The lowest BCUT2D eigenvalue weighted by molar-refractivity contribution is -0.187. The van der Waals surface area contributed by atoms with Gasteiger partial charge in [-0.3, -0.25) is 9.69 Å². The van der Waals surface area contributed by atoms with Crippen molar-refractivity contribution in [3.05, 3.63) is 76.4 Å². The molecule has 3 heterocycles. The van der Waals surface area contributed by atoms with Crippen LogP contribution in [0.1, 0.15) is 64.1 Å². The number of benzene rings is 2. The molecular weight excluding hydrogens is 586 g/mol. The van der Waals surface area contributed by atoms with Crippen LogP contribution in [0, 0.1) is 23.2 Å². The maximum atomic E-state index is 14.3. The fourth-order valence-corrected chi connectivity index (χ4v) is 6.98. The molecule has 6 rings (SSSR count). The molecule has 2 aromatic carbocycles. The molecule has 1 atom stereocenters. The first kappa shape index (κ1) is 30.1. The van der Waals surface area contributed by atoms with Gasteiger partial charge >= 0.3 is 12.4 Å². The van der Waals surface area contributed by atoms with Gasteiger partial charge in [-0.15, -0.1) is 10.2 Å². The second kappa shape index (κ2) is 10.9. The standard InChI is InChI=1S/C31H30F6N6O/c1-41-18-39-40-27(41)13-29(11-20(12-29)14-38)21-4-2-6-23(10-21)43-17-25-24(28(43)44)8-19(9-26(25)31(35,36)37)15-42-7-3-5-22(16-42)30(32,33)34/h2,4,6,8-10,18,20,22H,3,5,7,11-13,15-17H2,1H3/t20?,22-,29?/m0/s1. The van der Waals surface area contributed by atoms with E-state index in [-0.39, 0.29) is 55.1 Å². The third-order valence-electron chi connectivity index (χ3n) is 9.31. The summed E-state index contributed by atoms with van der Waals surface area (Å²) in [5.41, 5.74) is -0.190. The molecule has 232 valence electrons. The molecule has 0 bridgehead atoms. The molecule has 1 aromatic heterocycles. The Morgan fingerprint density at radius 3 is 2.55 bits per heavy atom. The molecule has 44 heavy (non-hydrogen) atoms. The predicted molar refractivity (Wildman–Crippen MR) is 147 cm³/mol. The van der Waals surface area contributed by atoms with Crippen molar-refractivity contribution in [2.24, 2.45) is 18.9 Å². The van der Waals surface area contributed by atoms with Gasteiger partial charge in [-0.1, -0.05) is 12.1 Å². The summed E-state index contributed by atoms with van der Waals surface area (Å²) in [7, 11) is 1.83. The number of hydrogen-bond acceptors (Lipinski definition) is 5. The Labute approximate surface area is 250 Å². The van der Waals surface area contributed by atoms with E-state index in [1.807, 2.05) is 13.1 Å². The number of carbonyl (C=O) groups is 1. The van der Waals surface area contributed by atoms with Crippen LogP contribution in [-0.2, 0) is 38.1 Å². The molecule has 0 unspecified atom stereocenters. The smallest absolute Gasteiger partial charge is 0.321 e. The Morgan fingerprint density at radius 2 is 1.89 bits per heavy atom. The number of piperidine rings is 1. The Bertz CT molecular complexity index is 1620. The first-order chi connectivity index (χ1) is 20.8. The highest BCUT2D eigenvalue weighted by atomic mass is 19.4. The van der Waals surface area contributed by atoms with Gasteiger partial charge in [0.15, 0.2) is 0 Å². The lowest BCUT2D eigenvalue weighted by atomic mass is 9.57. The van der Waals surface area contributed by atoms with Crippen molar-refractivity contribution in [2.75, 3.05) is 18.0 Å². The summed E-state index contributed by atoms with van der Waals surface area (Å²) in [4.78, 5) is 16.5. The molecular formula is C31H30F6N6O. The van der Waals surface area contributed by atoms with E-state index in [1.165, 1.54) is 15.9 Å². The van der Waals surface area contributed by atoms with Gasteiger partial charge in [0.2, 0.25) is 0 Å². The van der Waals surface area contributed by atoms with E-state index in [4.69, 9.17) is 0 Å². The van der Waals surface area contributed by atoms with Crippen LogP contribution in [0.2, 0.25) is 0 Å². The number of rotatable bonds is 6. The summed E-state index contributed by atoms with van der Waals surface area (Å²) in [5.74, 6) is -1.55. The third kappa shape index (κ3) is 5.56. The lowest BCUT2D eigenvalue weighted by Crippen LogP contribution is -2.43. The zero-order valence-electron chi connectivity index (χ0n) is 23.9. The van der Waals surface area contributed by atoms with Crippen molar-refractivity contribution < 1.29 is 31.1 Å². The largest absolute Gasteiger partial charge is 0.416 e. The SMILES string of the molecule is Cn1cnnc1CC1(c2cccc(N3Cc4c(cc(CN5CCC[C@H](C(F)(F)F)C5)cc4C(F)(F)F)C3=O)c2)CC(C#N)C1.